The van der Waals surface area contributed by atoms with E-state index in [1.54, 1.807) is 38.4 Å². The minimum atomic E-state index is -0.190. The topological polar surface area (TPSA) is 61.9 Å². The molecular formula is C29H33N3O3. The minimum Gasteiger partial charge on any atom is -0.484 e. The first-order valence-electron chi connectivity index (χ1n) is 12.1. The van der Waals surface area contributed by atoms with Gasteiger partial charge in [-0.3, -0.25) is 14.5 Å². The Morgan fingerprint density at radius 1 is 0.943 bits per heavy atom. The molecule has 6 nitrogen and oxygen atoms in total. The number of hydrogen-bond donors (Lipinski definition) is 1. The molecule has 0 aromatic heterocycles. The van der Waals surface area contributed by atoms with Crippen molar-refractivity contribution >= 4 is 11.8 Å². The lowest BCUT2D eigenvalue weighted by molar-refractivity contribution is -0.130. The van der Waals surface area contributed by atoms with Gasteiger partial charge in [0.2, 0.25) is 0 Å². The third-order valence-electron chi connectivity index (χ3n) is 6.28. The summed E-state index contributed by atoms with van der Waals surface area (Å²) in [7, 11) is 3.35. The third-order valence-corrected chi connectivity index (χ3v) is 6.28. The van der Waals surface area contributed by atoms with Crippen LogP contribution in [0.15, 0.2) is 72.8 Å². The molecule has 182 valence electrons. The van der Waals surface area contributed by atoms with Crippen LogP contribution in [0.5, 0.6) is 5.75 Å². The van der Waals surface area contributed by atoms with E-state index in [4.69, 9.17) is 4.74 Å². The number of carbonyl (C=O) groups excluding carboxylic acids is 2. The number of ether oxygens (including phenoxy) is 1. The van der Waals surface area contributed by atoms with Crippen LogP contribution in [-0.2, 0) is 17.9 Å². The van der Waals surface area contributed by atoms with Gasteiger partial charge in [-0.25, -0.2) is 0 Å². The normalized spacial score (nSPS) is 13.4. The number of benzene rings is 3. The van der Waals surface area contributed by atoms with Gasteiger partial charge < -0.3 is 15.0 Å². The second-order valence-corrected chi connectivity index (χ2v) is 9.12. The van der Waals surface area contributed by atoms with E-state index in [0.717, 1.165) is 23.2 Å². The summed E-state index contributed by atoms with van der Waals surface area (Å²) < 4.78 is 5.54. The van der Waals surface area contributed by atoms with Crippen molar-refractivity contribution in [1.29, 1.82) is 0 Å². The molecule has 4 rings (SSSR count). The first-order chi connectivity index (χ1) is 17.0. The van der Waals surface area contributed by atoms with Crippen molar-refractivity contribution in [2.45, 2.75) is 25.9 Å². The predicted octanol–water partition coefficient (Wildman–Crippen LogP) is 4.35. The molecule has 1 aliphatic heterocycles. The fourth-order valence-corrected chi connectivity index (χ4v) is 4.22. The van der Waals surface area contributed by atoms with Crippen LogP contribution < -0.4 is 10.1 Å². The molecule has 0 aliphatic carbocycles. The lowest BCUT2D eigenvalue weighted by Crippen LogP contribution is -2.27. The highest BCUT2D eigenvalue weighted by Crippen LogP contribution is 2.25. The molecule has 0 radical (unpaired) electrons. The Morgan fingerprint density at radius 2 is 1.69 bits per heavy atom. The van der Waals surface area contributed by atoms with Gasteiger partial charge in [-0.15, -0.1) is 0 Å². The molecular weight excluding hydrogens is 438 g/mol. The maximum atomic E-state index is 12.8. The van der Waals surface area contributed by atoms with Crippen molar-refractivity contribution in [2.24, 2.45) is 0 Å². The zero-order valence-corrected chi connectivity index (χ0v) is 20.5. The van der Waals surface area contributed by atoms with Gasteiger partial charge in [-0.05, 0) is 66.4 Å². The molecule has 0 atom stereocenters. The Bertz CT molecular complexity index is 1150. The smallest absolute Gasteiger partial charge is 0.259 e. The van der Waals surface area contributed by atoms with Crippen LogP contribution in [0, 0.1) is 0 Å². The molecule has 3 aromatic carbocycles. The van der Waals surface area contributed by atoms with Crippen LogP contribution in [0.1, 0.15) is 34.3 Å². The van der Waals surface area contributed by atoms with Crippen molar-refractivity contribution in [1.82, 2.24) is 15.1 Å². The third kappa shape index (κ3) is 6.70. The van der Waals surface area contributed by atoms with Gasteiger partial charge in [0.25, 0.3) is 11.8 Å². The summed E-state index contributed by atoms with van der Waals surface area (Å²) in [6, 6.07) is 23.8. The molecule has 0 saturated carbocycles. The lowest BCUT2D eigenvalue weighted by Gasteiger charge is -2.15. The molecule has 2 amide bonds. The Hall–Kier alpha value is -3.64. The van der Waals surface area contributed by atoms with E-state index in [-0.39, 0.29) is 18.4 Å². The molecule has 3 aromatic rings. The first-order valence-corrected chi connectivity index (χ1v) is 12.1. The zero-order valence-electron chi connectivity index (χ0n) is 20.5. The summed E-state index contributed by atoms with van der Waals surface area (Å²) in [6.07, 6.45) is 2.59. The number of carbonyl (C=O) groups is 2. The number of likely N-dealkylation sites (tertiary alicyclic amines) is 1. The number of amides is 2. The number of rotatable bonds is 9. The van der Waals surface area contributed by atoms with E-state index in [1.165, 1.54) is 36.4 Å². The molecule has 0 unspecified atom stereocenters. The van der Waals surface area contributed by atoms with Crippen molar-refractivity contribution in [3.8, 4) is 16.9 Å². The van der Waals surface area contributed by atoms with Gasteiger partial charge >= 0.3 is 0 Å². The number of hydrogen-bond acceptors (Lipinski definition) is 4. The van der Waals surface area contributed by atoms with Crippen LogP contribution in [0.25, 0.3) is 11.1 Å². The molecule has 1 aliphatic rings. The van der Waals surface area contributed by atoms with Crippen LogP contribution in [-0.4, -0.2) is 55.4 Å². The van der Waals surface area contributed by atoms with Crippen molar-refractivity contribution in [2.75, 3.05) is 33.8 Å². The van der Waals surface area contributed by atoms with E-state index in [1.807, 2.05) is 18.2 Å². The Kier molecular flexibility index (Phi) is 8.16. The van der Waals surface area contributed by atoms with Crippen LogP contribution in [0.3, 0.4) is 0 Å². The SMILES string of the molecule is CN(C)C(=O)COc1cccc(C(=O)NCc2ccccc2-c2ccc(CN3CCCC3)cc2)c1. The summed E-state index contributed by atoms with van der Waals surface area (Å²) in [4.78, 5) is 28.6. The van der Waals surface area contributed by atoms with E-state index in [0.29, 0.717) is 17.9 Å². The van der Waals surface area contributed by atoms with Crippen LogP contribution >= 0.6 is 0 Å². The van der Waals surface area contributed by atoms with Gasteiger partial charge in [0.05, 0.1) is 0 Å². The molecule has 6 heteroatoms. The Labute approximate surface area is 207 Å². The second kappa shape index (κ2) is 11.7. The van der Waals surface area contributed by atoms with E-state index in [2.05, 4.69) is 40.5 Å². The van der Waals surface area contributed by atoms with Gasteiger partial charge in [0, 0.05) is 32.7 Å². The molecule has 0 bridgehead atoms. The quantitative estimate of drug-likeness (QED) is 0.504. The van der Waals surface area contributed by atoms with Gasteiger partial charge in [0.15, 0.2) is 6.61 Å². The summed E-state index contributed by atoms with van der Waals surface area (Å²) in [6.45, 7) is 3.72. The molecule has 1 fully saturated rings. The Morgan fingerprint density at radius 3 is 2.43 bits per heavy atom. The van der Waals surface area contributed by atoms with Crippen LogP contribution in [0.4, 0.5) is 0 Å². The second-order valence-electron chi connectivity index (χ2n) is 9.12. The van der Waals surface area contributed by atoms with Crippen LogP contribution in [0.2, 0.25) is 0 Å². The summed E-state index contributed by atoms with van der Waals surface area (Å²) in [5, 5.41) is 3.02. The highest BCUT2D eigenvalue weighted by molar-refractivity contribution is 5.94. The highest BCUT2D eigenvalue weighted by Gasteiger charge is 2.13. The fraction of sp³-hybridized carbons (Fsp3) is 0.310. The molecule has 0 spiro atoms. The average Bonchev–Trinajstić information content (AvgIpc) is 3.39. The van der Waals surface area contributed by atoms with Crippen molar-refractivity contribution in [3.05, 3.63) is 89.5 Å². The predicted molar refractivity (Wildman–Crippen MR) is 138 cm³/mol. The summed E-state index contributed by atoms with van der Waals surface area (Å²) in [5.74, 6) is 0.160. The van der Waals surface area contributed by atoms with Gasteiger partial charge in [-0.2, -0.15) is 0 Å². The Balaban J connectivity index is 1.39. The maximum absolute atomic E-state index is 12.8. The van der Waals surface area contributed by atoms with E-state index < -0.39 is 0 Å². The van der Waals surface area contributed by atoms with Gasteiger partial charge in [-0.1, -0.05) is 54.6 Å². The molecule has 1 saturated heterocycles. The monoisotopic (exact) mass is 471 g/mol. The van der Waals surface area contributed by atoms with Crippen molar-refractivity contribution in [3.63, 3.8) is 0 Å². The molecule has 1 heterocycles. The fourth-order valence-electron chi connectivity index (χ4n) is 4.22. The maximum Gasteiger partial charge on any atom is 0.259 e. The van der Waals surface area contributed by atoms with Gasteiger partial charge in [0.1, 0.15) is 5.75 Å². The highest BCUT2D eigenvalue weighted by atomic mass is 16.5. The standard InChI is InChI=1S/C29H33N3O3/c1-31(2)28(33)21-35-26-10-7-9-24(18-26)29(34)30-19-25-8-3-4-11-27(25)23-14-12-22(13-15-23)20-32-16-5-6-17-32/h3-4,7-15,18H,5-6,16-17,19-21H2,1-2H3,(H,30,34). The zero-order chi connectivity index (χ0) is 24.6. The lowest BCUT2D eigenvalue weighted by atomic mass is 9.98. The first kappa shape index (κ1) is 24.5. The summed E-state index contributed by atoms with van der Waals surface area (Å²) in [5.41, 5.74) is 5.12. The number of likely N-dealkylation sites (N-methyl/N-ethyl adjacent to an activating group) is 1. The number of nitrogens with zero attached hydrogens (tertiary/aromatic N) is 2. The average molecular weight is 472 g/mol. The van der Waals surface area contributed by atoms with Crippen molar-refractivity contribution < 1.29 is 14.3 Å². The number of nitrogens with one attached hydrogen (secondary N) is 1. The van der Waals surface area contributed by atoms with E-state index >= 15 is 0 Å². The molecule has 35 heavy (non-hydrogen) atoms. The van der Waals surface area contributed by atoms with E-state index in [9.17, 15) is 9.59 Å². The molecule has 1 N–H and O–H groups in total. The minimum absolute atomic E-state index is 0.0672. The summed E-state index contributed by atoms with van der Waals surface area (Å²) >= 11 is 0. The largest absolute Gasteiger partial charge is 0.484 e.